The number of thioether (sulfide) groups is 1. The van der Waals surface area contributed by atoms with Crippen molar-refractivity contribution in [3.05, 3.63) is 5.82 Å². The van der Waals surface area contributed by atoms with E-state index in [1.807, 2.05) is 13.8 Å². The van der Waals surface area contributed by atoms with Crippen LogP contribution >= 0.6 is 11.8 Å². The van der Waals surface area contributed by atoms with Crippen LogP contribution in [0.5, 0.6) is 0 Å². The smallest absolute Gasteiger partial charge is 0.309 e. The third-order valence-electron chi connectivity index (χ3n) is 2.33. The molecule has 0 fully saturated rings. The molecule has 15 heavy (non-hydrogen) atoms. The van der Waals surface area contributed by atoms with Crippen molar-refractivity contribution in [1.29, 1.82) is 0 Å². The van der Waals surface area contributed by atoms with Crippen molar-refractivity contribution >= 4 is 17.7 Å². The second kappa shape index (κ2) is 3.84. The monoisotopic (exact) mass is 227 g/mol. The van der Waals surface area contributed by atoms with Crippen molar-refractivity contribution in [3.8, 4) is 0 Å². The fraction of sp³-hybridized carbons (Fsp3) is 0.667. The molecule has 1 aromatic heterocycles. The van der Waals surface area contributed by atoms with Gasteiger partial charge in [0.1, 0.15) is 0 Å². The van der Waals surface area contributed by atoms with E-state index in [1.165, 1.54) is 11.8 Å². The molecule has 6 heteroatoms. The van der Waals surface area contributed by atoms with Crippen molar-refractivity contribution in [2.24, 2.45) is 5.92 Å². The molecule has 1 aliphatic heterocycles. The third kappa shape index (κ3) is 1.99. The minimum atomic E-state index is -0.755. The predicted molar refractivity (Wildman–Crippen MR) is 56.0 cm³/mol. The van der Waals surface area contributed by atoms with E-state index in [1.54, 1.807) is 4.68 Å². The zero-order valence-electron chi connectivity index (χ0n) is 8.67. The molecule has 1 atom stereocenters. The largest absolute Gasteiger partial charge is 0.481 e. The van der Waals surface area contributed by atoms with E-state index in [4.69, 9.17) is 5.11 Å². The number of rotatable bonds is 2. The predicted octanol–water partition coefficient (Wildman–Crippen LogP) is 1.21. The summed E-state index contributed by atoms with van der Waals surface area (Å²) in [6.07, 6.45) is 0. The van der Waals surface area contributed by atoms with Gasteiger partial charge < -0.3 is 5.11 Å². The van der Waals surface area contributed by atoms with Crippen molar-refractivity contribution in [1.82, 2.24) is 14.8 Å². The minimum Gasteiger partial charge on any atom is -0.481 e. The molecule has 0 amide bonds. The summed E-state index contributed by atoms with van der Waals surface area (Å²) >= 11 is 1.47. The van der Waals surface area contributed by atoms with E-state index in [9.17, 15) is 4.79 Å². The molecule has 0 saturated carbocycles. The molecule has 1 aliphatic rings. The lowest BCUT2D eigenvalue weighted by molar-refractivity contribution is -0.141. The molecular formula is C9H13N3O2S. The van der Waals surface area contributed by atoms with E-state index in [0.29, 0.717) is 12.3 Å². The summed E-state index contributed by atoms with van der Waals surface area (Å²) in [4.78, 5) is 15.2. The number of hydrogen-bond donors (Lipinski definition) is 1. The topological polar surface area (TPSA) is 68.0 Å². The van der Waals surface area contributed by atoms with Gasteiger partial charge in [0, 0.05) is 11.7 Å². The highest BCUT2D eigenvalue weighted by atomic mass is 32.2. The SMILES string of the molecule is CC(C)c1nc2n(n1)CC(C(=O)O)CS2. The first kappa shape index (κ1) is 10.5. The maximum atomic E-state index is 10.8. The molecule has 0 bridgehead atoms. The van der Waals surface area contributed by atoms with Crippen LogP contribution in [0.1, 0.15) is 25.6 Å². The van der Waals surface area contributed by atoms with Gasteiger partial charge in [0.05, 0.1) is 12.5 Å². The highest BCUT2D eigenvalue weighted by molar-refractivity contribution is 7.99. The maximum absolute atomic E-state index is 10.8. The number of hydrogen-bond acceptors (Lipinski definition) is 4. The summed E-state index contributed by atoms with van der Waals surface area (Å²) in [7, 11) is 0. The molecule has 82 valence electrons. The molecule has 2 heterocycles. The van der Waals surface area contributed by atoms with Gasteiger partial charge in [-0.25, -0.2) is 9.67 Å². The quantitative estimate of drug-likeness (QED) is 0.822. The van der Waals surface area contributed by atoms with Gasteiger partial charge in [0.15, 0.2) is 11.0 Å². The molecule has 0 aliphatic carbocycles. The Labute approximate surface area is 91.9 Å². The van der Waals surface area contributed by atoms with Crippen LogP contribution in [0.4, 0.5) is 0 Å². The molecule has 1 unspecified atom stereocenters. The summed E-state index contributed by atoms with van der Waals surface area (Å²) in [5.41, 5.74) is 0. The number of carboxylic acid groups (broad SMARTS) is 1. The van der Waals surface area contributed by atoms with Crippen molar-refractivity contribution in [2.45, 2.75) is 31.5 Å². The molecular weight excluding hydrogens is 214 g/mol. The van der Waals surface area contributed by atoms with Crippen LogP contribution in [-0.2, 0) is 11.3 Å². The number of aromatic nitrogens is 3. The summed E-state index contributed by atoms with van der Waals surface area (Å²) < 4.78 is 1.71. The number of carboxylic acids is 1. The third-order valence-corrected chi connectivity index (χ3v) is 3.46. The zero-order valence-corrected chi connectivity index (χ0v) is 9.49. The second-order valence-corrected chi connectivity index (χ2v) is 4.92. The van der Waals surface area contributed by atoms with Gasteiger partial charge in [-0.15, -0.1) is 0 Å². The van der Waals surface area contributed by atoms with E-state index in [2.05, 4.69) is 10.1 Å². The minimum absolute atomic E-state index is 0.284. The average Bonchev–Trinajstić information content (AvgIpc) is 2.59. The molecule has 5 nitrogen and oxygen atoms in total. The van der Waals surface area contributed by atoms with Gasteiger partial charge in [-0.2, -0.15) is 5.10 Å². The Hall–Kier alpha value is -1.04. The average molecular weight is 227 g/mol. The second-order valence-electron chi connectivity index (χ2n) is 3.94. The van der Waals surface area contributed by atoms with Gasteiger partial charge >= 0.3 is 5.97 Å². The highest BCUT2D eigenvalue weighted by Gasteiger charge is 2.27. The first-order valence-electron chi connectivity index (χ1n) is 4.88. The van der Waals surface area contributed by atoms with Crippen LogP contribution in [0.2, 0.25) is 0 Å². The van der Waals surface area contributed by atoms with E-state index in [-0.39, 0.29) is 11.8 Å². The molecule has 2 rings (SSSR count). The molecule has 0 saturated heterocycles. The van der Waals surface area contributed by atoms with Gasteiger partial charge in [0.25, 0.3) is 0 Å². The molecule has 0 aromatic carbocycles. The Morgan fingerprint density at radius 2 is 2.40 bits per heavy atom. The molecule has 1 aromatic rings. The fourth-order valence-electron chi connectivity index (χ4n) is 1.40. The number of nitrogens with zero attached hydrogens (tertiary/aromatic N) is 3. The number of aliphatic carboxylic acids is 1. The number of fused-ring (bicyclic) bond motifs is 1. The Bertz CT molecular complexity index is 389. The Morgan fingerprint density at radius 3 is 3.00 bits per heavy atom. The van der Waals surface area contributed by atoms with Gasteiger partial charge in [-0.05, 0) is 0 Å². The van der Waals surface area contributed by atoms with Crippen molar-refractivity contribution < 1.29 is 9.90 Å². The normalized spacial score (nSPS) is 20.3. The van der Waals surface area contributed by atoms with E-state index >= 15 is 0 Å². The first-order valence-corrected chi connectivity index (χ1v) is 5.87. The standard InChI is InChI=1S/C9H13N3O2S/c1-5(2)7-10-9-12(11-7)3-6(4-15-9)8(13)14/h5-6H,3-4H2,1-2H3,(H,13,14). The lowest BCUT2D eigenvalue weighted by Gasteiger charge is -2.17. The Balaban J connectivity index is 2.22. The van der Waals surface area contributed by atoms with Crippen LogP contribution in [0.25, 0.3) is 0 Å². The Morgan fingerprint density at radius 1 is 1.67 bits per heavy atom. The summed E-state index contributed by atoms with van der Waals surface area (Å²) in [5.74, 6) is 0.570. The summed E-state index contributed by atoms with van der Waals surface area (Å²) in [5, 5.41) is 14.1. The highest BCUT2D eigenvalue weighted by Crippen LogP contribution is 2.27. The van der Waals surface area contributed by atoms with Crippen molar-refractivity contribution in [2.75, 3.05) is 5.75 Å². The van der Waals surface area contributed by atoms with Gasteiger partial charge in [-0.1, -0.05) is 25.6 Å². The molecule has 1 N–H and O–H groups in total. The lowest BCUT2D eigenvalue weighted by atomic mass is 10.2. The summed E-state index contributed by atoms with van der Waals surface area (Å²) in [6.45, 7) is 4.50. The van der Waals surface area contributed by atoms with Gasteiger partial charge in [0.2, 0.25) is 0 Å². The first-order chi connectivity index (χ1) is 7.08. The maximum Gasteiger partial charge on any atom is 0.309 e. The Kier molecular flexibility index (Phi) is 2.68. The van der Waals surface area contributed by atoms with E-state index < -0.39 is 5.97 Å². The fourth-order valence-corrected chi connectivity index (χ4v) is 2.42. The van der Waals surface area contributed by atoms with Crippen molar-refractivity contribution in [3.63, 3.8) is 0 Å². The summed E-state index contributed by atoms with van der Waals surface area (Å²) in [6, 6.07) is 0. The lowest BCUT2D eigenvalue weighted by Crippen LogP contribution is -2.26. The van der Waals surface area contributed by atoms with Crippen LogP contribution < -0.4 is 0 Å². The van der Waals surface area contributed by atoms with E-state index in [0.717, 1.165) is 11.0 Å². The van der Waals surface area contributed by atoms with Crippen LogP contribution in [0.15, 0.2) is 5.16 Å². The van der Waals surface area contributed by atoms with Crippen LogP contribution in [-0.4, -0.2) is 31.6 Å². The van der Waals surface area contributed by atoms with Crippen LogP contribution in [0, 0.1) is 5.92 Å². The van der Waals surface area contributed by atoms with Gasteiger partial charge in [-0.3, -0.25) is 4.79 Å². The number of carbonyl (C=O) groups is 1. The zero-order chi connectivity index (χ0) is 11.0. The molecule has 0 radical (unpaired) electrons. The van der Waals surface area contributed by atoms with Crippen LogP contribution in [0.3, 0.4) is 0 Å². The molecule has 0 spiro atoms.